The highest BCUT2D eigenvalue weighted by atomic mass is 19.3. The van der Waals surface area contributed by atoms with E-state index in [0.717, 1.165) is 0 Å². The van der Waals surface area contributed by atoms with Crippen molar-refractivity contribution < 1.29 is 23.1 Å². The average Bonchev–Trinajstić information content (AvgIpc) is 3.18. The van der Waals surface area contributed by atoms with E-state index in [1.54, 1.807) is 22.9 Å². The molecule has 4 rings (SSSR count). The molecule has 0 radical (unpaired) electrons. The van der Waals surface area contributed by atoms with Crippen LogP contribution < -0.4 is 10.6 Å². The fourth-order valence-electron chi connectivity index (χ4n) is 3.66. The third kappa shape index (κ3) is 4.82. The van der Waals surface area contributed by atoms with Gasteiger partial charge in [0.1, 0.15) is 23.7 Å². The Hall–Kier alpha value is -3.65. The molecule has 1 amide bonds. The Kier molecular flexibility index (Phi) is 5.95. The molecule has 0 bridgehead atoms. The second kappa shape index (κ2) is 8.61. The first-order chi connectivity index (χ1) is 16.0. The minimum atomic E-state index is -2.76. The minimum absolute atomic E-state index is 0.0538. The van der Waals surface area contributed by atoms with Gasteiger partial charge in [-0.25, -0.2) is 23.1 Å². The molecule has 0 saturated heterocycles. The summed E-state index contributed by atoms with van der Waals surface area (Å²) in [5, 5.41) is 24.9. The largest absolute Gasteiger partial charge is 0.387 e. The highest BCUT2D eigenvalue weighted by molar-refractivity contribution is 5.99. The summed E-state index contributed by atoms with van der Waals surface area (Å²) in [5.74, 6) is -3.05. The molecule has 3 heterocycles. The second-order valence-electron chi connectivity index (χ2n) is 8.96. The number of fused-ring (bicyclic) bond motifs is 1. The molecular weight excluding hydrogens is 449 g/mol. The minimum Gasteiger partial charge on any atom is -0.387 e. The lowest BCUT2D eigenvalue weighted by Gasteiger charge is -2.36. The molecule has 1 fully saturated rings. The van der Waals surface area contributed by atoms with Crippen LogP contribution in [0.15, 0.2) is 36.8 Å². The zero-order valence-electron chi connectivity index (χ0n) is 18.5. The lowest BCUT2D eigenvalue weighted by atomic mass is 9.88. The molecule has 0 aromatic carbocycles. The van der Waals surface area contributed by atoms with Crippen molar-refractivity contribution in [1.82, 2.24) is 19.9 Å². The van der Waals surface area contributed by atoms with E-state index in [1.807, 2.05) is 6.07 Å². The quantitative estimate of drug-likeness (QED) is 0.486. The summed E-state index contributed by atoms with van der Waals surface area (Å²) >= 11 is 0. The first-order valence-corrected chi connectivity index (χ1v) is 10.6. The molecular formula is C23H23F3N6O2. The maximum Gasteiger partial charge on any atom is 0.255 e. The van der Waals surface area contributed by atoms with Crippen molar-refractivity contribution in [3.63, 3.8) is 0 Å². The molecule has 8 nitrogen and oxygen atoms in total. The van der Waals surface area contributed by atoms with E-state index in [9.17, 15) is 23.1 Å². The number of nitrogens with one attached hydrogen (secondary N) is 2. The number of hydrogen-bond donors (Lipinski definition) is 3. The number of nitriles is 1. The van der Waals surface area contributed by atoms with Crippen LogP contribution in [0.2, 0.25) is 0 Å². The predicted octanol–water partition coefficient (Wildman–Crippen LogP) is 3.34. The Morgan fingerprint density at radius 1 is 1.35 bits per heavy atom. The Balaban J connectivity index is 1.65. The Bertz CT molecular complexity index is 1270. The number of alkyl halides is 3. The number of anilines is 1. The monoisotopic (exact) mass is 472 g/mol. The van der Waals surface area contributed by atoms with E-state index >= 15 is 0 Å². The van der Waals surface area contributed by atoms with Crippen LogP contribution in [-0.2, 0) is 0 Å². The topological polar surface area (TPSA) is 116 Å². The molecule has 11 heteroatoms. The Morgan fingerprint density at radius 3 is 2.74 bits per heavy atom. The normalized spacial score (nSPS) is 16.5. The van der Waals surface area contributed by atoms with Gasteiger partial charge in [-0.15, -0.1) is 0 Å². The molecule has 3 aromatic rings. The van der Waals surface area contributed by atoms with Gasteiger partial charge in [-0.1, -0.05) is 0 Å². The molecule has 1 aliphatic carbocycles. The third-order valence-electron chi connectivity index (χ3n) is 5.69. The van der Waals surface area contributed by atoms with Gasteiger partial charge in [-0.05, 0) is 26.0 Å². The highest BCUT2D eigenvalue weighted by Crippen LogP contribution is 2.39. The summed E-state index contributed by atoms with van der Waals surface area (Å²) in [7, 11) is 0. The summed E-state index contributed by atoms with van der Waals surface area (Å²) in [6.45, 7) is 2.15. The molecule has 1 aliphatic rings. The first-order valence-electron chi connectivity index (χ1n) is 10.6. The van der Waals surface area contributed by atoms with Crippen LogP contribution in [0, 0.1) is 11.3 Å². The molecule has 178 valence electrons. The summed E-state index contributed by atoms with van der Waals surface area (Å²) < 4.78 is 42.5. The van der Waals surface area contributed by atoms with Gasteiger partial charge >= 0.3 is 0 Å². The van der Waals surface area contributed by atoms with Gasteiger partial charge in [-0.2, -0.15) is 5.26 Å². The number of pyridine rings is 2. The van der Waals surface area contributed by atoms with E-state index in [0.29, 0.717) is 22.4 Å². The number of aromatic nitrogens is 3. The van der Waals surface area contributed by atoms with Crippen LogP contribution in [-0.4, -0.2) is 55.8 Å². The molecule has 0 spiro atoms. The van der Waals surface area contributed by atoms with E-state index in [-0.39, 0.29) is 24.1 Å². The number of carbonyl (C=O) groups is 1. The molecule has 1 saturated carbocycles. The summed E-state index contributed by atoms with van der Waals surface area (Å²) in [6, 6.07) is 6.44. The van der Waals surface area contributed by atoms with Crippen molar-refractivity contribution in [2.45, 2.75) is 50.4 Å². The zero-order valence-corrected chi connectivity index (χ0v) is 18.5. The lowest BCUT2D eigenvalue weighted by molar-refractivity contribution is -0.0793. The maximum absolute atomic E-state index is 14.1. The molecule has 34 heavy (non-hydrogen) atoms. The van der Waals surface area contributed by atoms with E-state index in [4.69, 9.17) is 5.26 Å². The van der Waals surface area contributed by atoms with Crippen molar-refractivity contribution in [2.24, 2.45) is 0 Å². The van der Waals surface area contributed by atoms with Gasteiger partial charge in [0.2, 0.25) is 0 Å². The molecule has 1 atom stereocenters. The van der Waals surface area contributed by atoms with Crippen molar-refractivity contribution in [3.05, 3.63) is 47.9 Å². The molecule has 0 unspecified atom stereocenters. The Labute approximate surface area is 193 Å². The highest BCUT2D eigenvalue weighted by Gasteiger charge is 2.45. The maximum atomic E-state index is 14.1. The van der Waals surface area contributed by atoms with Crippen LogP contribution in [0.3, 0.4) is 0 Å². The van der Waals surface area contributed by atoms with Crippen LogP contribution in [0.25, 0.3) is 16.9 Å². The summed E-state index contributed by atoms with van der Waals surface area (Å²) in [5.41, 5.74) is -0.400. The van der Waals surface area contributed by atoms with Crippen LogP contribution >= 0.6 is 0 Å². The number of halogens is 3. The number of hydrogen-bond acceptors (Lipinski definition) is 6. The molecule has 3 aromatic heterocycles. The van der Waals surface area contributed by atoms with Gasteiger partial charge < -0.3 is 15.7 Å². The molecule has 0 aliphatic heterocycles. The average molecular weight is 472 g/mol. The van der Waals surface area contributed by atoms with E-state index in [2.05, 4.69) is 20.6 Å². The SMILES string of the molecule is CC(C)(O)[C@H](F)CNC(=O)c1cnc(-n2ccc3cc(C#N)cnc32)cc1NC1CC(F)(F)C1. The van der Waals surface area contributed by atoms with Gasteiger partial charge in [0.15, 0.2) is 0 Å². The van der Waals surface area contributed by atoms with Crippen molar-refractivity contribution in [1.29, 1.82) is 5.26 Å². The fraction of sp³-hybridized carbons (Fsp3) is 0.391. The number of carbonyl (C=O) groups excluding carboxylic acids is 1. The van der Waals surface area contributed by atoms with Crippen LogP contribution in [0.5, 0.6) is 0 Å². The van der Waals surface area contributed by atoms with Crippen LogP contribution in [0.4, 0.5) is 18.9 Å². The summed E-state index contributed by atoms with van der Waals surface area (Å²) in [6.07, 6.45) is 1.94. The van der Waals surface area contributed by atoms with E-state index in [1.165, 1.54) is 32.3 Å². The van der Waals surface area contributed by atoms with Gasteiger partial charge in [0.05, 0.1) is 29.0 Å². The van der Waals surface area contributed by atoms with Crippen molar-refractivity contribution in [3.8, 4) is 11.9 Å². The van der Waals surface area contributed by atoms with Gasteiger partial charge in [-0.3, -0.25) is 9.36 Å². The molecule has 3 N–H and O–H groups in total. The van der Waals surface area contributed by atoms with Gasteiger partial charge in [0.25, 0.3) is 11.8 Å². The van der Waals surface area contributed by atoms with Crippen molar-refractivity contribution in [2.75, 3.05) is 11.9 Å². The Morgan fingerprint density at radius 2 is 2.09 bits per heavy atom. The van der Waals surface area contributed by atoms with Crippen LogP contribution in [0.1, 0.15) is 42.6 Å². The lowest BCUT2D eigenvalue weighted by Crippen LogP contribution is -2.45. The van der Waals surface area contributed by atoms with Gasteiger partial charge in [0, 0.05) is 48.9 Å². The summed E-state index contributed by atoms with van der Waals surface area (Å²) in [4.78, 5) is 21.4. The van der Waals surface area contributed by atoms with E-state index < -0.39 is 36.2 Å². The first kappa shape index (κ1) is 23.5. The number of rotatable bonds is 7. The smallest absolute Gasteiger partial charge is 0.255 e. The number of aliphatic hydroxyl groups is 1. The van der Waals surface area contributed by atoms with Crippen molar-refractivity contribution >= 4 is 22.6 Å². The fourth-order valence-corrected chi connectivity index (χ4v) is 3.66. The number of amides is 1. The predicted molar refractivity (Wildman–Crippen MR) is 119 cm³/mol. The zero-order chi connectivity index (χ0) is 24.7. The third-order valence-corrected chi connectivity index (χ3v) is 5.69. The number of nitrogens with zero attached hydrogens (tertiary/aromatic N) is 4. The standard InChI is InChI=1S/C23H23F3N6O2/c1-22(2,34)18(24)12-30-21(33)16-11-28-19(6-17(16)31-15-7-23(25,26)8-15)32-4-3-14-5-13(9-27)10-29-20(14)32/h3-6,10-11,15,18,34H,7-8,12H2,1-2H3,(H,28,31)(H,30,33)/t18-/m1/s1. The second-order valence-corrected chi connectivity index (χ2v) is 8.96.